The lowest BCUT2D eigenvalue weighted by atomic mass is 10.1. The van der Waals surface area contributed by atoms with Crippen molar-refractivity contribution in [2.45, 2.75) is 0 Å². The van der Waals surface area contributed by atoms with Gasteiger partial charge < -0.3 is 5.11 Å². The number of hydrogen-bond acceptors (Lipinski definition) is 3. The quantitative estimate of drug-likeness (QED) is 0.805. The largest absolute Gasteiger partial charge is 0.477 e. The fourth-order valence-electron chi connectivity index (χ4n) is 2.23. The minimum Gasteiger partial charge on any atom is -0.477 e. The Bertz CT molecular complexity index is 924. The SMILES string of the molecule is N#Cc1ccccc1-n1nc(-c2ccc(F)cc2)cc1C(=O)O. The molecule has 1 N–H and O–H groups in total. The minimum absolute atomic E-state index is 0.0768. The van der Waals surface area contributed by atoms with Crippen molar-refractivity contribution in [3.05, 3.63) is 71.7 Å². The topological polar surface area (TPSA) is 78.9 Å². The third-order valence-corrected chi connectivity index (χ3v) is 3.32. The summed E-state index contributed by atoms with van der Waals surface area (Å²) in [4.78, 5) is 11.5. The first-order valence-corrected chi connectivity index (χ1v) is 6.69. The highest BCUT2D eigenvalue weighted by Crippen LogP contribution is 2.23. The van der Waals surface area contributed by atoms with Crippen LogP contribution in [0, 0.1) is 17.1 Å². The van der Waals surface area contributed by atoms with Crippen LogP contribution in [0.5, 0.6) is 0 Å². The molecule has 0 radical (unpaired) electrons. The van der Waals surface area contributed by atoms with Gasteiger partial charge in [0.25, 0.3) is 0 Å². The van der Waals surface area contributed by atoms with Crippen LogP contribution in [0.3, 0.4) is 0 Å². The normalized spacial score (nSPS) is 10.3. The van der Waals surface area contributed by atoms with Crippen LogP contribution in [-0.2, 0) is 0 Å². The van der Waals surface area contributed by atoms with Gasteiger partial charge in [0.05, 0.1) is 16.9 Å². The zero-order valence-corrected chi connectivity index (χ0v) is 11.8. The van der Waals surface area contributed by atoms with Crippen molar-refractivity contribution in [1.29, 1.82) is 5.26 Å². The lowest BCUT2D eigenvalue weighted by molar-refractivity contribution is 0.0687. The maximum absolute atomic E-state index is 13.0. The molecule has 5 nitrogen and oxygen atoms in total. The van der Waals surface area contributed by atoms with E-state index in [2.05, 4.69) is 5.10 Å². The Morgan fingerprint density at radius 2 is 1.87 bits per heavy atom. The Morgan fingerprint density at radius 1 is 1.17 bits per heavy atom. The number of carboxylic acids is 1. The van der Waals surface area contributed by atoms with Crippen LogP contribution < -0.4 is 0 Å². The second-order valence-corrected chi connectivity index (χ2v) is 4.77. The third kappa shape index (κ3) is 2.68. The molecule has 0 unspecified atom stereocenters. The Labute approximate surface area is 130 Å². The molecule has 3 rings (SSSR count). The number of halogens is 1. The van der Waals surface area contributed by atoms with Crippen LogP contribution in [-0.4, -0.2) is 20.9 Å². The van der Waals surface area contributed by atoms with E-state index in [0.717, 1.165) is 0 Å². The van der Waals surface area contributed by atoms with Crippen molar-refractivity contribution in [2.75, 3.05) is 0 Å². The van der Waals surface area contributed by atoms with Gasteiger partial charge in [-0.2, -0.15) is 10.4 Å². The van der Waals surface area contributed by atoms with E-state index in [1.807, 2.05) is 6.07 Å². The van der Waals surface area contributed by atoms with Gasteiger partial charge in [-0.1, -0.05) is 12.1 Å². The molecule has 0 aliphatic carbocycles. The molecule has 0 spiro atoms. The van der Waals surface area contributed by atoms with Crippen LogP contribution in [0.25, 0.3) is 16.9 Å². The van der Waals surface area contributed by atoms with E-state index in [0.29, 0.717) is 22.5 Å². The molecule has 0 saturated heterocycles. The van der Waals surface area contributed by atoms with E-state index in [1.54, 1.807) is 24.3 Å². The number of hydrogen-bond donors (Lipinski definition) is 1. The molecule has 0 amide bonds. The van der Waals surface area contributed by atoms with Crippen LogP contribution in [0.4, 0.5) is 4.39 Å². The van der Waals surface area contributed by atoms with Gasteiger partial charge in [0.15, 0.2) is 5.69 Å². The molecule has 3 aromatic rings. The number of para-hydroxylation sites is 1. The summed E-state index contributed by atoms with van der Waals surface area (Å²) in [6, 6.07) is 15.6. The van der Waals surface area contributed by atoms with E-state index in [9.17, 15) is 19.6 Å². The number of rotatable bonds is 3. The smallest absolute Gasteiger partial charge is 0.354 e. The van der Waals surface area contributed by atoms with Crippen LogP contribution in [0.15, 0.2) is 54.6 Å². The van der Waals surface area contributed by atoms with E-state index < -0.39 is 5.97 Å². The first-order chi connectivity index (χ1) is 11.1. The molecule has 6 heteroatoms. The zero-order chi connectivity index (χ0) is 16.4. The maximum Gasteiger partial charge on any atom is 0.354 e. The summed E-state index contributed by atoms with van der Waals surface area (Å²) in [5.41, 5.74) is 1.58. The van der Waals surface area contributed by atoms with E-state index in [-0.39, 0.29) is 11.5 Å². The summed E-state index contributed by atoms with van der Waals surface area (Å²) >= 11 is 0. The highest BCUT2D eigenvalue weighted by molar-refractivity contribution is 5.88. The van der Waals surface area contributed by atoms with Gasteiger partial charge in [-0.3, -0.25) is 0 Å². The van der Waals surface area contributed by atoms with Crippen LogP contribution in [0.2, 0.25) is 0 Å². The molecule has 0 bridgehead atoms. The Balaban J connectivity index is 2.19. The molecule has 112 valence electrons. The fourth-order valence-corrected chi connectivity index (χ4v) is 2.23. The Morgan fingerprint density at radius 3 is 2.52 bits per heavy atom. The molecule has 0 aliphatic rings. The summed E-state index contributed by atoms with van der Waals surface area (Å²) in [6.07, 6.45) is 0. The molecule has 0 atom stereocenters. The van der Waals surface area contributed by atoms with Gasteiger partial charge in [-0.05, 0) is 42.5 Å². The summed E-state index contributed by atoms with van der Waals surface area (Å²) in [5.74, 6) is -1.56. The fraction of sp³-hybridized carbons (Fsp3) is 0. The number of nitriles is 1. The summed E-state index contributed by atoms with van der Waals surface area (Å²) in [7, 11) is 0. The van der Waals surface area contributed by atoms with Gasteiger partial charge in [-0.25, -0.2) is 13.9 Å². The maximum atomic E-state index is 13.0. The number of carboxylic acid groups (broad SMARTS) is 1. The van der Waals surface area contributed by atoms with E-state index >= 15 is 0 Å². The van der Waals surface area contributed by atoms with Gasteiger partial charge in [-0.15, -0.1) is 0 Å². The summed E-state index contributed by atoms with van der Waals surface area (Å²) in [6.45, 7) is 0. The third-order valence-electron chi connectivity index (χ3n) is 3.32. The van der Waals surface area contributed by atoms with E-state index in [4.69, 9.17) is 0 Å². The second kappa shape index (κ2) is 5.73. The molecular formula is C17H10FN3O2. The van der Waals surface area contributed by atoms with Crippen LogP contribution in [0.1, 0.15) is 16.1 Å². The van der Waals surface area contributed by atoms with Crippen molar-refractivity contribution in [2.24, 2.45) is 0 Å². The van der Waals surface area contributed by atoms with Crippen molar-refractivity contribution in [1.82, 2.24) is 9.78 Å². The lowest BCUT2D eigenvalue weighted by Crippen LogP contribution is -2.09. The van der Waals surface area contributed by atoms with E-state index in [1.165, 1.54) is 35.0 Å². The lowest BCUT2D eigenvalue weighted by Gasteiger charge is -2.06. The Hall–Kier alpha value is -3.46. The summed E-state index contributed by atoms with van der Waals surface area (Å²) in [5, 5.41) is 22.8. The number of benzene rings is 2. The predicted molar refractivity (Wildman–Crippen MR) is 80.6 cm³/mol. The average Bonchev–Trinajstić information content (AvgIpc) is 3.01. The molecule has 0 aliphatic heterocycles. The van der Waals surface area contributed by atoms with Gasteiger partial charge in [0.2, 0.25) is 0 Å². The molecule has 0 saturated carbocycles. The highest BCUT2D eigenvalue weighted by atomic mass is 19.1. The number of aromatic nitrogens is 2. The van der Waals surface area contributed by atoms with Gasteiger partial charge >= 0.3 is 5.97 Å². The van der Waals surface area contributed by atoms with Crippen LogP contribution >= 0.6 is 0 Å². The molecule has 1 aromatic heterocycles. The molecule has 2 aromatic carbocycles. The standard InChI is InChI=1S/C17H10FN3O2/c18-13-7-5-11(6-8-13)14-9-16(17(22)23)21(20-14)15-4-2-1-3-12(15)10-19/h1-9H,(H,22,23). The highest BCUT2D eigenvalue weighted by Gasteiger charge is 2.18. The molecular weight excluding hydrogens is 297 g/mol. The van der Waals surface area contributed by atoms with Gasteiger partial charge in [0.1, 0.15) is 11.9 Å². The predicted octanol–water partition coefficient (Wildman–Crippen LogP) is 3.25. The average molecular weight is 307 g/mol. The minimum atomic E-state index is -1.17. The summed E-state index contributed by atoms with van der Waals surface area (Å²) < 4.78 is 14.2. The first-order valence-electron chi connectivity index (χ1n) is 6.69. The van der Waals surface area contributed by atoms with Crippen molar-refractivity contribution in [3.63, 3.8) is 0 Å². The molecule has 1 heterocycles. The number of nitrogens with zero attached hydrogens (tertiary/aromatic N) is 3. The van der Waals surface area contributed by atoms with Crippen molar-refractivity contribution >= 4 is 5.97 Å². The second-order valence-electron chi connectivity index (χ2n) is 4.77. The van der Waals surface area contributed by atoms with Crippen molar-refractivity contribution in [3.8, 4) is 23.0 Å². The molecule has 0 fully saturated rings. The molecule has 23 heavy (non-hydrogen) atoms. The Kier molecular flexibility index (Phi) is 3.61. The zero-order valence-electron chi connectivity index (χ0n) is 11.8. The number of aromatic carboxylic acids is 1. The van der Waals surface area contributed by atoms with Gasteiger partial charge in [0, 0.05) is 5.56 Å². The monoisotopic (exact) mass is 307 g/mol. The number of carbonyl (C=O) groups is 1. The van der Waals surface area contributed by atoms with Crippen molar-refractivity contribution < 1.29 is 14.3 Å². The first kappa shape index (κ1) is 14.5.